The smallest absolute Gasteiger partial charge is 0 e. The van der Waals surface area contributed by atoms with E-state index in [-0.39, 0.29) is 37.5 Å². The summed E-state index contributed by atoms with van der Waals surface area (Å²) in [5, 5.41) is 0. The van der Waals surface area contributed by atoms with Gasteiger partial charge < -0.3 is 6.92 Å². The summed E-state index contributed by atoms with van der Waals surface area (Å²) in [5.74, 6) is 3.15. The second-order valence-electron chi connectivity index (χ2n) is 8.02. The van der Waals surface area contributed by atoms with Crippen molar-refractivity contribution in [3.63, 3.8) is 0 Å². The van der Waals surface area contributed by atoms with Crippen LogP contribution in [-0.2, 0) is 32.7 Å². The first-order valence-corrected chi connectivity index (χ1v) is 8.48. The molecule has 0 aromatic carbocycles. The Hall–Kier alpha value is 1.45. The van der Waals surface area contributed by atoms with Gasteiger partial charge >= 0.3 is 0 Å². The summed E-state index contributed by atoms with van der Waals surface area (Å²) in [4.78, 5) is 0. The summed E-state index contributed by atoms with van der Waals surface area (Å²) < 4.78 is 0.102. The van der Waals surface area contributed by atoms with Gasteiger partial charge in [0.25, 0.3) is 0 Å². The number of hydrogen-bond acceptors (Lipinski definition) is 1. The summed E-state index contributed by atoms with van der Waals surface area (Å²) in [6.07, 6.45) is 8.79. The van der Waals surface area contributed by atoms with Gasteiger partial charge in [-0.2, -0.15) is 19.3 Å². The normalized spacial score (nSPS) is 33.5. The van der Waals surface area contributed by atoms with Crippen LogP contribution in [0.2, 0.25) is 0 Å². The van der Waals surface area contributed by atoms with Crippen LogP contribution in [0.15, 0.2) is 0 Å². The maximum atomic E-state index is 5.07. The van der Waals surface area contributed by atoms with Crippen LogP contribution in [0.3, 0.4) is 0 Å². The minimum atomic E-state index is 0. The van der Waals surface area contributed by atoms with E-state index in [0.29, 0.717) is 11.3 Å². The van der Waals surface area contributed by atoms with Gasteiger partial charge in [-0.1, -0.05) is 71.6 Å². The van der Waals surface area contributed by atoms with Crippen LogP contribution in [-0.4, -0.2) is 4.75 Å². The van der Waals surface area contributed by atoms with E-state index in [1.807, 2.05) is 0 Å². The average Bonchev–Trinajstić information content (AvgIpc) is 2.28. The van der Waals surface area contributed by atoms with Gasteiger partial charge in [-0.05, 0) is 5.92 Å². The molecule has 117 valence electrons. The number of thiol groups is 1. The van der Waals surface area contributed by atoms with Gasteiger partial charge in [-0.25, -0.2) is 12.6 Å². The predicted octanol–water partition coefficient (Wildman–Crippen LogP) is 6.12. The molecule has 3 unspecified atom stereocenters. The quantitative estimate of drug-likeness (QED) is 0.448. The topological polar surface area (TPSA) is 0 Å². The van der Waals surface area contributed by atoms with Gasteiger partial charge in [0, 0.05) is 32.7 Å². The molecule has 0 spiro atoms. The van der Waals surface area contributed by atoms with Crippen molar-refractivity contribution < 1.29 is 32.7 Å². The van der Waals surface area contributed by atoms with Crippen molar-refractivity contribution in [2.75, 3.05) is 0 Å². The van der Waals surface area contributed by atoms with Crippen LogP contribution in [0.25, 0.3) is 0 Å². The maximum Gasteiger partial charge on any atom is 0 e. The van der Waals surface area contributed by atoms with Gasteiger partial charge in [0.05, 0.1) is 0 Å². The predicted molar refractivity (Wildman–Crippen MR) is 90.4 cm³/mol. The Balaban J connectivity index is 0.00000361. The molecule has 1 rings (SSSR count). The van der Waals surface area contributed by atoms with Crippen LogP contribution >= 0.6 is 12.6 Å². The molecular formula is C18H34SY-2. The van der Waals surface area contributed by atoms with E-state index in [9.17, 15) is 0 Å². The van der Waals surface area contributed by atoms with Gasteiger partial charge in [-0.15, -0.1) is 4.75 Å². The molecule has 0 saturated heterocycles. The molecule has 1 aliphatic rings. The summed E-state index contributed by atoms with van der Waals surface area (Å²) in [6, 6.07) is 0. The summed E-state index contributed by atoms with van der Waals surface area (Å²) in [5.41, 5.74) is 0.435. The minimum Gasteiger partial charge on any atom is -0.343 e. The summed E-state index contributed by atoms with van der Waals surface area (Å²) >= 11 is 5.07. The van der Waals surface area contributed by atoms with E-state index in [1.54, 1.807) is 5.92 Å². The zero-order valence-corrected chi connectivity index (χ0v) is 18.1. The van der Waals surface area contributed by atoms with Crippen molar-refractivity contribution in [3.8, 4) is 0 Å². The Bertz CT molecular complexity index is 273. The zero-order valence-electron chi connectivity index (χ0n) is 14.3. The van der Waals surface area contributed by atoms with E-state index in [1.165, 1.54) is 38.5 Å². The fourth-order valence-corrected chi connectivity index (χ4v) is 4.01. The third-order valence-electron chi connectivity index (χ3n) is 4.84. The molecule has 0 amide bonds. The Labute approximate surface area is 158 Å². The first-order valence-electron chi connectivity index (χ1n) is 8.03. The maximum absolute atomic E-state index is 5.07. The van der Waals surface area contributed by atoms with E-state index in [0.717, 1.165) is 12.3 Å². The third kappa shape index (κ3) is 7.14. The SMILES string of the molecule is [CH2-]CC(C)C[C-]1CC(C)(C)CCCC(C)CC1(C)S.[Y]. The Morgan fingerprint density at radius 1 is 1.35 bits per heavy atom. The van der Waals surface area contributed by atoms with Crippen molar-refractivity contribution in [1.29, 1.82) is 0 Å². The van der Waals surface area contributed by atoms with Crippen molar-refractivity contribution in [2.45, 2.75) is 84.3 Å². The average molecular weight is 371 g/mol. The molecule has 0 heterocycles. The monoisotopic (exact) mass is 371 g/mol. The van der Waals surface area contributed by atoms with E-state index in [2.05, 4.69) is 41.5 Å². The molecule has 1 radical (unpaired) electrons. The Morgan fingerprint density at radius 2 is 1.95 bits per heavy atom. The molecule has 3 atom stereocenters. The van der Waals surface area contributed by atoms with Crippen LogP contribution in [0.1, 0.15) is 79.6 Å². The molecular weight excluding hydrogens is 337 g/mol. The second-order valence-corrected chi connectivity index (χ2v) is 9.00. The molecule has 0 aliphatic heterocycles. The van der Waals surface area contributed by atoms with Gasteiger partial charge in [-0.3, -0.25) is 5.92 Å². The summed E-state index contributed by atoms with van der Waals surface area (Å²) in [7, 11) is 0. The van der Waals surface area contributed by atoms with Crippen LogP contribution in [0.4, 0.5) is 0 Å². The fraction of sp³-hybridized carbons (Fsp3) is 0.889. The molecule has 0 aromatic rings. The molecule has 1 saturated carbocycles. The van der Waals surface area contributed by atoms with Crippen molar-refractivity contribution >= 4 is 12.6 Å². The third-order valence-corrected chi connectivity index (χ3v) is 5.34. The van der Waals surface area contributed by atoms with Gasteiger partial charge in [0.2, 0.25) is 0 Å². The zero-order chi connectivity index (χ0) is 14.7. The van der Waals surface area contributed by atoms with E-state index < -0.39 is 0 Å². The minimum absolute atomic E-state index is 0. The van der Waals surface area contributed by atoms with Crippen LogP contribution in [0.5, 0.6) is 0 Å². The molecule has 0 N–H and O–H groups in total. The van der Waals surface area contributed by atoms with Crippen LogP contribution in [0, 0.1) is 30.1 Å². The Morgan fingerprint density at radius 3 is 2.50 bits per heavy atom. The van der Waals surface area contributed by atoms with E-state index in [4.69, 9.17) is 12.6 Å². The molecule has 1 aliphatic carbocycles. The van der Waals surface area contributed by atoms with E-state index >= 15 is 0 Å². The molecule has 0 aromatic heterocycles. The standard InChI is InChI=1S/C18H34S.Y/c1-7-14(2)11-16-13-17(4,5)10-8-9-15(3)12-18(16,6)19;/h14-15,19H,1,7-13H2,2-6H3;/q-2;. The van der Waals surface area contributed by atoms with Crippen molar-refractivity contribution in [2.24, 2.45) is 17.3 Å². The number of hydrogen-bond donors (Lipinski definition) is 1. The molecule has 2 heteroatoms. The van der Waals surface area contributed by atoms with Crippen LogP contribution < -0.4 is 0 Å². The first kappa shape index (κ1) is 21.5. The van der Waals surface area contributed by atoms with Gasteiger partial charge in [0.1, 0.15) is 0 Å². The molecule has 20 heavy (non-hydrogen) atoms. The molecule has 0 nitrogen and oxygen atoms in total. The number of rotatable bonds is 3. The molecule has 0 bridgehead atoms. The fourth-order valence-electron chi connectivity index (χ4n) is 3.53. The van der Waals surface area contributed by atoms with Crippen molar-refractivity contribution in [3.05, 3.63) is 12.8 Å². The molecule has 1 fully saturated rings. The first-order chi connectivity index (χ1) is 8.66. The second kappa shape index (κ2) is 8.92. The largest absolute Gasteiger partial charge is 0.343 e. The Kier molecular flexibility index (Phi) is 9.57. The summed E-state index contributed by atoms with van der Waals surface area (Å²) in [6.45, 7) is 16.0. The van der Waals surface area contributed by atoms with Gasteiger partial charge in [0.15, 0.2) is 0 Å². The van der Waals surface area contributed by atoms with Crippen molar-refractivity contribution in [1.82, 2.24) is 0 Å².